The lowest BCUT2D eigenvalue weighted by Crippen LogP contribution is -2.65. The molecule has 3 aromatic rings. The number of urea groups is 1. The van der Waals surface area contributed by atoms with E-state index in [0.717, 1.165) is 21.9 Å². The van der Waals surface area contributed by atoms with E-state index in [0.29, 0.717) is 25.1 Å². The first-order valence-corrected chi connectivity index (χ1v) is 12.5. The monoisotopic (exact) mass is 514 g/mol. The van der Waals surface area contributed by atoms with Crippen molar-refractivity contribution in [3.05, 3.63) is 77.9 Å². The fourth-order valence-corrected chi connectivity index (χ4v) is 5.39. The lowest BCUT2D eigenvalue weighted by atomic mass is 9.98. The number of hydrazine groups is 1. The molecule has 3 aromatic carbocycles. The molecule has 2 saturated heterocycles. The molecule has 2 aliphatic rings. The van der Waals surface area contributed by atoms with Crippen molar-refractivity contribution >= 4 is 40.7 Å². The average molecular weight is 515 g/mol. The van der Waals surface area contributed by atoms with Gasteiger partial charge in [0.15, 0.2) is 0 Å². The van der Waals surface area contributed by atoms with Gasteiger partial charge in [0.2, 0.25) is 18.2 Å². The van der Waals surface area contributed by atoms with Crippen LogP contribution in [-0.2, 0) is 27.3 Å². The van der Waals surface area contributed by atoms with Crippen molar-refractivity contribution in [1.82, 2.24) is 25.1 Å². The summed E-state index contributed by atoms with van der Waals surface area (Å²) in [6.07, 6.45) is 0.431. The van der Waals surface area contributed by atoms with E-state index in [2.05, 4.69) is 10.6 Å². The summed E-state index contributed by atoms with van der Waals surface area (Å²) in [4.78, 5) is 53.9. The Bertz CT molecular complexity index is 1370. The van der Waals surface area contributed by atoms with Crippen molar-refractivity contribution in [2.45, 2.75) is 25.2 Å². The summed E-state index contributed by atoms with van der Waals surface area (Å²) < 4.78 is 0. The van der Waals surface area contributed by atoms with E-state index in [9.17, 15) is 19.2 Å². The highest BCUT2D eigenvalue weighted by atomic mass is 16.2. The number of hydrogen-bond acceptors (Lipinski definition) is 5. The topological polar surface area (TPSA) is 105 Å². The van der Waals surface area contributed by atoms with Gasteiger partial charge in [0.25, 0.3) is 0 Å². The van der Waals surface area contributed by atoms with E-state index in [4.69, 9.17) is 0 Å². The third-order valence-electron chi connectivity index (χ3n) is 7.31. The molecule has 10 heteroatoms. The van der Waals surface area contributed by atoms with Gasteiger partial charge in [-0.25, -0.2) is 4.79 Å². The van der Waals surface area contributed by atoms with Crippen LogP contribution >= 0.6 is 0 Å². The van der Waals surface area contributed by atoms with Gasteiger partial charge in [-0.15, -0.1) is 0 Å². The number of fused-ring (bicyclic) bond motifs is 2. The molecule has 5 rings (SSSR count). The molecule has 2 atom stereocenters. The zero-order valence-electron chi connectivity index (χ0n) is 21.3. The van der Waals surface area contributed by atoms with Gasteiger partial charge >= 0.3 is 6.03 Å². The van der Waals surface area contributed by atoms with E-state index in [1.54, 1.807) is 34.0 Å². The maximum Gasteiger partial charge on any atom is 0.331 e. The number of hydrogen-bond donors (Lipinski definition) is 2. The molecular formula is C28H30N6O4. The van der Waals surface area contributed by atoms with Crippen LogP contribution in [-0.4, -0.2) is 83.5 Å². The Balaban J connectivity index is 1.49. The van der Waals surface area contributed by atoms with Crippen LogP contribution in [0.15, 0.2) is 66.7 Å². The highest BCUT2D eigenvalue weighted by molar-refractivity contribution is 5.92. The second-order valence-corrected chi connectivity index (χ2v) is 9.49. The molecule has 0 radical (unpaired) electrons. The van der Waals surface area contributed by atoms with Crippen molar-refractivity contribution in [2.24, 2.45) is 0 Å². The predicted molar refractivity (Wildman–Crippen MR) is 143 cm³/mol. The molecule has 0 saturated carbocycles. The van der Waals surface area contributed by atoms with Crippen LogP contribution in [0.3, 0.4) is 0 Å². The van der Waals surface area contributed by atoms with E-state index in [1.165, 1.54) is 12.1 Å². The highest BCUT2D eigenvalue weighted by Crippen LogP contribution is 2.31. The smallest absolute Gasteiger partial charge is 0.331 e. The quantitative estimate of drug-likeness (QED) is 0.470. The summed E-state index contributed by atoms with van der Waals surface area (Å²) in [6.45, 7) is 0.658. The first-order valence-electron chi connectivity index (χ1n) is 12.5. The van der Waals surface area contributed by atoms with Crippen LogP contribution in [0.4, 0.5) is 10.5 Å². The molecule has 2 N–H and O–H groups in total. The Morgan fingerprint density at radius 1 is 1.05 bits per heavy atom. The summed E-state index contributed by atoms with van der Waals surface area (Å²) in [5.41, 5.74) is 2.52. The molecule has 196 valence electrons. The molecule has 38 heavy (non-hydrogen) atoms. The van der Waals surface area contributed by atoms with Crippen LogP contribution in [0.1, 0.15) is 11.1 Å². The summed E-state index contributed by atoms with van der Waals surface area (Å²) in [5.74, 6) is -0.338. The van der Waals surface area contributed by atoms with Crippen LogP contribution in [0, 0.1) is 0 Å². The number of amides is 5. The van der Waals surface area contributed by atoms with Crippen LogP contribution < -0.4 is 10.6 Å². The molecule has 0 aliphatic carbocycles. The standard InChI is InChI=1S/C28H30N6O4/c1-29-28(38)31(2)33-17-26(36)34-24(14-19-10-12-22(13-11-19)30-18-35)27(37)32(16-25(33)34)15-21-8-5-7-20-6-3-4-9-23(20)21/h3-13,18,24-25H,14-17H2,1-2H3,(H,29,38)(H,30,35)/t24-,25+/m0/s1. The number of nitrogens with one attached hydrogen (secondary N) is 2. The minimum Gasteiger partial charge on any atom is -0.340 e. The Labute approximate surface area is 220 Å². The molecule has 10 nitrogen and oxygen atoms in total. The van der Waals surface area contributed by atoms with Gasteiger partial charge in [0.1, 0.15) is 12.2 Å². The van der Waals surface area contributed by atoms with Crippen molar-refractivity contribution in [3.8, 4) is 0 Å². The maximum absolute atomic E-state index is 14.0. The Morgan fingerprint density at radius 2 is 1.79 bits per heavy atom. The lowest BCUT2D eigenvalue weighted by Gasteiger charge is -2.45. The zero-order valence-corrected chi connectivity index (χ0v) is 21.3. The van der Waals surface area contributed by atoms with Crippen molar-refractivity contribution in [3.63, 3.8) is 0 Å². The minimum atomic E-state index is -0.732. The summed E-state index contributed by atoms with van der Waals surface area (Å²) >= 11 is 0. The first-order chi connectivity index (χ1) is 18.4. The molecule has 0 unspecified atom stereocenters. The van der Waals surface area contributed by atoms with Gasteiger partial charge in [0.05, 0.1) is 13.1 Å². The largest absolute Gasteiger partial charge is 0.340 e. The molecule has 0 bridgehead atoms. The second kappa shape index (κ2) is 10.5. The maximum atomic E-state index is 14.0. The Morgan fingerprint density at radius 3 is 2.53 bits per heavy atom. The molecule has 5 amide bonds. The Kier molecular flexibility index (Phi) is 6.97. The number of carbonyl (C=O) groups is 4. The van der Waals surface area contributed by atoms with Crippen LogP contribution in [0.5, 0.6) is 0 Å². The lowest BCUT2D eigenvalue weighted by molar-refractivity contribution is -0.157. The number of nitrogens with zero attached hydrogens (tertiary/aromatic N) is 4. The van der Waals surface area contributed by atoms with E-state index in [1.807, 2.05) is 54.6 Å². The molecule has 0 aromatic heterocycles. The number of benzene rings is 3. The number of carbonyl (C=O) groups excluding carboxylic acids is 4. The summed E-state index contributed by atoms with van der Waals surface area (Å²) in [5, 5.41) is 10.5. The normalized spacial score (nSPS) is 19.4. The summed E-state index contributed by atoms with van der Waals surface area (Å²) in [7, 11) is 3.16. The van der Waals surface area contributed by atoms with Gasteiger partial charge in [-0.2, -0.15) is 5.01 Å². The van der Waals surface area contributed by atoms with E-state index in [-0.39, 0.29) is 30.9 Å². The van der Waals surface area contributed by atoms with Crippen molar-refractivity contribution in [2.75, 3.05) is 32.5 Å². The molecule has 0 spiro atoms. The van der Waals surface area contributed by atoms with Crippen LogP contribution in [0.25, 0.3) is 10.8 Å². The van der Waals surface area contributed by atoms with Crippen molar-refractivity contribution < 1.29 is 19.2 Å². The van der Waals surface area contributed by atoms with E-state index < -0.39 is 12.2 Å². The fraction of sp³-hybridized carbons (Fsp3) is 0.286. The predicted octanol–water partition coefficient (Wildman–Crippen LogP) is 2.02. The second-order valence-electron chi connectivity index (χ2n) is 9.49. The molecular weight excluding hydrogens is 484 g/mol. The SMILES string of the molecule is CNC(=O)N(C)N1CC(=O)N2[C@@H](Cc3ccc(NC=O)cc3)C(=O)N(Cc3cccc4ccccc34)C[C@@H]21. The van der Waals surface area contributed by atoms with Gasteiger partial charge in [-0.1, -0.05) is 54.6 Å². The minimum absolute atomic E-state index is 0.00265. The first kappa shape index (κ1) is 25.2. The van der Waals surface area contributed by atoms with Gasteiger partial charge in [-0.3, -0.25) is 19.4 Å². The van der Waals surface area contributed by atoms with Gasteiger partial charge in [0, 0.05) is 32.7 Å². The molecule has 2 heterocycles. The third kappa shape index (κ3) is 4.66. The third-order valence-corrected chi connectivity index (χ3v) is 7.31. The van der Waals surface area contributed by atoms with E-state index >= 15 is 0 Å². The number of piperazine rings is 1. The van der Waals surface area contributed by atoms with Gasteiger partial charge in [-0.05, 0) is 34.0 Å². The number of anilines is 1. The highest BCUT2D eigenvalue weighted by Gasteiger charge is 2.51. The molecule has 2 aliphatic heterocycles. The average Bonchev–Trinajstić information content (AvgIpc) is 3.26. The van der Waals surface area contributed by atoms with Crippen molar-refractivity contribution in [1.29, 1.82) is 0 Å². The zero-order chi connectivity index (χ0) is 26.8. The Hall–Kier alpha value is -4.44. The van der Waals surface area contributed by atoms with Crippen LogP contribution in [0.2, 0.25) is 0 Å². The van der Waals surface area contributed by atoms with Gasteiger partial charge < -0.3 is 20.4 Å². The molecule has 2 fully saturated rings. The fourth-order valence-electron chi connectivity index (χ4n) is 5.39. The summed E-state index contributed by atoms with van der Waals surface area (Å²) in [6, 6.07) is 20.2. The number of rotatable bonds is 7.